The molecule has 0 bridgehead atoms. The summed E-state index contributed by atoms with van der Waals surface area (Å²) in [4.78, 5) is 8.37. The Morgan fingerprint density at radius 1 is 1.23 bits per heavy atom. The van der Waals surface area contributed by atoms with Gasteiger partial charge in [0.25, 0.3) is 0 Å². The summed E-state index contributed by atoms with van der Waals surface area (Å²) in [5.74, 6) is 1.07. The number of aromatic nitrogens is 1. The van der Waals surface area contributed by atoms with E-state index in [0.717, 1.165) is 12.1 Å². The van der Waals surface area contributed by atoms with Crippen molar-refractivity contribution in [2.75, 3.05) is 20.7 Å². The van der Waals surface area contributed by atoms with Crippen molar-refractivity contribution in [2.45, 2.75) is 19.6 Å². The number of aliphatic imine (C=N–C) groups is 1. The summed E-state index contributed by atoms with van der Waals surface area (Å²) in [5, 5.41) is 6.23. The lowest BCUT2D eigenvalue weighted by Gasteiger charge is -2.15. The number of hydrogen-bond acceptors (Lipinski definition) is 4. The highest BCUT2D eigenvalue weighted by Gasteiger charge is 2.11. The third-order valence-electron chi connectivity index (χ3n) is 3.56. The molecule has 0 atom stereocenters. The number of alkyl halides is 2. The molecule has 0 amide bonds. The van der Waals surface area contributed by atoms with Crippen molar-refractivity contribution in [2.24, 2.45) is 4.99 Å². The van der Waals surface area contributed by atoms with Gasteiger partial charge in [-0.3, -0.25) is 9.98 Å². The van der Waals surface area contributed by atoms with Crippen LogP contribution in [0.5, 0.6) is 11.5 Å². The van der Waals surface area contributed by atoms with Crippen molar-refractivity contribution < 1.29 is 18.3 Å². The van der Waals surface area contributed by atoms with Crippen molar-refractivity contribution in [1.82, 2.24) is 15.6 Å². The van der Waals surface area contributed by atoms with Gasteiger partial charge >= 0.3 is 6.61 Å². The van der Waals surface area contributed by atoms with Crippen LogP contribution < -0.4 is 20.1 Å². The van der Waals surface area contributed by atoms with Crippen LogP contribution in [-0.4, -0.2) is 38.3 Å². The molecular weight excluding hydrogens is 342 g/mol. The number of nitrogens with zero attached hydrogens (tertiary/aromatic N) is 2. The first-order chi connectivity index (χ1) is 12.6. The molecule has 0 aliphatic rings. The number of halogens is 2. The molecule has 2 aromatic rings. The summed E-state index contributed by atoms with van der Waals surface area (Å²) in [6, 6.07) is 10.5. The van der Waals surface area contributed by atoms with E-state index in [9.17, 15) is 8.78 Å². The lowest BCUT2D eigenvalue weighted by atomic mass is 10.2. The van der Waals surface area contributed by atoms with Gasteiger partial charge in [0.05, 0.1) is 7.11 Å². The molecule has 2 rings (SSSR count). The minimum absolute atomic E-state index is 0.0655. The van der Waals surface area contributed by atoms with E-state index in [-0.39, 0.29) is 12.3 Å². The third kappa shape index (κ3) is 6.19. The lowest BCUT2D eigenvalue weighted by molar-refractivity contribution is -0.0505. The first-order valence-corrected chi connectivity index (χ1v) is 8.08. The number of ether oxygens (including phenoxy) is 2. The van der Waals surface area contributed by atoms with E-state index in [1.54, 1.807) is 25.4 Å². The predicted molar refractivity (Wildman–Crippen MR) is 95.8 cm³/mol. The van der Waals surface area contributed by atoms with Crippen LogP contribution in [0.2, 0.25) is 0 Å². The topological polar surface area (TPSA) is 67.8 Å². The number of guanidine groups is 1. The van der Waals surface area contributed by atoms with Gasteiger partial charge in [-0.2, -0.15) is 8.78 Å². The molecule has 0 saturated heterocycles. The van der Waals surface area contributed by atoms with Gasteiger partial charge in [0.2, 0.25) is 0 Å². The van der Waals surface area contributed by atoms with Crippen LogP contribution in [0.1, 0.15) is 11.3 Å². The van der Waals surface area contributed by atoms with Crippen molar-refractivity contribution >= 4 is 5.96 Å². The Morgan fingerprint density at radius 3 is 2.73 bits per heavy atom. The van der Waals surface area contributed by atoms with E-state index in [2.05, 4.69) is 25.3 Å². The Balaban J connectivity index is 1.91. The molecule has 0 aliphatic heterocycles. The molecule has 1 heterocycles. The molecule has 2 N–H and O–H groups in total. The molecule has 0 spiro atoms. The first kappa shape index (κ1) is 19.4. The number of rotatable bonds is 8. The maximum atomic E-state index is 12.6. The Hall–Kier alpha value is -2.90. The Bertz CT molecular complexity index is 712. The van der Waals surface area contributed by atoms with Gasteiger partial charge in [0.15, 0.2) is 5.96 Å². The van der Waals surface area contributed by atoms with Gasteiger partial charge in [0.1, 0.15) is 11.5 Å². The smallest absolute Gasteiger partial charge is 0.387 e. The second kappa shape index (κ2) is 10.2. The minimum Gasteiger partial charge on any atom is -0.497 e. The fourth-order valence-corrected chi connectivity index (χ4v) is 2.27. The standard InChI is InChI=1S/C18H22F2N4O2/c1-21-18(23-10-8-14-5-3-4-9-22-14)24-12-13-6-7-15(25-2)11-16(13)26-17(19)20/h3-7,9,11,17H,8,10,12H2,1-2H3,(H2,21,23,24). The zero-order valence-corrected chi connectivity index (χ0v) is 14.7. The minimum atomic E-state index is -2.91. The van der Waals surface area contributed by atoms with E-state index < -0.39 is 6.61 Å². The summed E-state index contributed by atoms with van der Waals surface area (Å²) >= 11 is 0. The maximum Gasteiger partial charge on any atom is 0.387 e. The molecule has 1 aromatic carbocycles. The summed E-state index contributed by atoms with van der Waals surface area (Å²) in [6.45, 7) is -1.99. The zero-order valence-electron chi connectivity index (χ0n) is 14.7. The summed E-state index contributed by atoms with van der Waals surface area (Å²) < 4.78 is 34.8. The molecule has 26 heavy (non-hydrogen) atoms. The first-order valence-electron chi connectivity index (χ1n) is 8.08. The quantitative estimate of drug-likeness (QED) is 0.557. The van der Waals surface area contributed by atoms with Crippen molar-refractivity contribution in [3.8, 4) is 11.5 Å². The molecule has 6 nitrogen and oxygen atoms in total. The monoisotopic (exact) mass is 364 g/mol. The number of benzene rings is 1. The van der Waals surface area contributed by atoms with Gasteiger partial charge in [-0.15, -0.1) is 0 Å². The van der Waals surface area contributed by atoms with E-state index in [4.69, 9.17) is 4.74 Å². The second-order valence-electron chi connectivity index (χ2n) is 5.28. The number of nitrogens with one attached hydrogen (secondary N) is 2. The van der Waals surface area contributed by atoms with Crippen LogP contribution in [0.4, 0.5) is 8.78 Å². The third-order valence-corrected chi connectivity index (χ3v) is 3.56. The van der Waals surface area contributed by atoms with Crippen molar-refractivity contribution in [1.29, 1.82) is 0 Å². The van der Waals surface area contributed by atoms with Crippen molar-refractivity contribution in [3.05, 3.63) is 53.9 Å². The van der Waals surface area contributed by atoms with Gasteiger partial charge < -0.3 is 20.1 Å². The van der Waals surface area contributed by atoms with E-state index >= 15 is 0 Å². The van der Waals surface area contributed by atoms with Crippen LogP contribution in [0.3, 0.4) is 0 Å². The molecule has 0 fully saturated rings. The van der Waals surface area contributed by atoms with Crippen LogP contribution in [0, 0.1) is 0 Å². The fourth-order valence-electron chi connectivity index (χ4n) is 2.27. The molecule has 0 saturated carbocycles. The molecule has 0 unspecified atom stereocenters. The van der Waals surface area contributed by atoms with Crippen LogP contribution in [0.15, 0.2) is 47.6 Å². The van der Waals surface area contributed by atoms with E-state index in [1.165, 1.54) is 13.2 Å². The molecule has 8 heteroatoms. The van der Waals surface area contributed by atoms with Gasteiger partial charge in [-0.05, 0) is 24.3 Å². The van der Waals surface area contributed by atoms with Crippen molar-refractivity contribution in [3.63, 3.8) is 0 Å². The van der Waals surface area contributed by atoms with Gasteiger partial charge in [0, 0.05) is 50.1 Å². The number of hydrogen-bond donors (Lipinski definition) is 2. The largest absolute Gasteiger partial charge is 0.497 e. The molecule has 1 aromatic heterocycles. The maximum absolute atomic E-state index is 12.6. The molecular formula is C18H22F2N4O2. The van der Waals surface area contributed by atoms with Crippen LogP contribution in [0.25, 0.3) is 0 Å². The average molecular weight is 364 g/mol. The Morgan fingerprint density at radius 2 is 2.08 bits per heavy atom. The summed E-state index contributed by atoms with van der Waals surface area (Å²) in [6.07, 6.45) is 2.49. The van der Waals surface area contributed by atoms with E-state index in [0.29, 0.717) is 23.8 Å². The Labute approximate surface area is 151 Å². The summed E-state index contributed by atoms with van der Waals surface area (Å²) in [7, 11) is 3.10. The average Bonchev–Trinajstić information content (AvgIpc) is 2.65. The fraction of sp³-hybridized carbons (Fsp3) is 0.333. The highest BCUT2D eigenvalue weighted by molar-refractivity contribution is 5.79. The Kier molecular flexibility index (Phi) is 7.60. The second-order valence-corrected chi connectivity index (χ2v) is 5.28. The SMILES string of the molecule is CN=C(NCCc1ccccn1)NCc1ccc(OC)cc1OC(F)F. The normalized spacial score (nSPS) is 11.3. The molecule has 0 aliphatic carbocycles. The van der Waals surface area contributed by atoms with Gasteiger partial charge in [-0.25, -0.2) is 0 Å². The van der Waals surface area contributed by atoms with Crippen LogP contribution >= 0.6 is 0 Å². The van der Waals surface area contributed by atoms with Crippen LogP contribution in [-0.2, 0) is 13.0 Å². The lowest BCUT2D eigenvalue weighted by Crippen LogP contribution is -2.38. The molecule has 140 valence electrons. The summed E-state index contributed by atoms with van der Waals surface area (Å²) in [5.41, 5.74) is 1.54. The zero-order chi connectivity index (χ0) is 18.8. The predicted octanol–water partition coefficient (Wildman–Crippen LogP) is 2.60. The van der Waals surface area contributed by atoms with E-state index in [1.807, 2.05) is 18.2 Å². The highest BCUT2D eigenvalue weighted by Crippen LogP contribution is 2.26. The highest BCUT2D eigenvalue weighted by atomic mass is 19.3. The van der Waals surface area contributed by atoms with Gasteiger partial charge in [-0.1, -0.05) is 6.07 Å². The number of pyridine rings is 1. The number of methoxy groups -OCH3 is 1. The molecule has 0 radical (unpaired) electrons.